The number of nitrogens with zero attached hydrogens (tertiary/aromatic N) is 4. The second-order valence-electron chi connectivity index (χ2n) is 10.8. The van der Waals surface area contributed by atoms with E-state index in [1.165, 1.54) is 50.8 Å². The second-order valence-corrected chi connectivity index (χ2v) is 11.2. The van der Waals surface area contributed by atoms with Gasteiger partial charge in [-0.2, -0.15) is 23.3 Å². The Morgan fingerprint density at radius 1 is 1.09 bits per heavy atom. The number of ether oxygens (including phenoxy) is 3. The number of anilines is 1. The van der Waals surface area contributed by atoms with Gasteiger partial charge >= 0.3 is 12.2 Å². The zero-order valence-corrected chi connectivity index (χ0v) is 26.2. The number of hydrogen-bond donors (Lipinski definition) is 1. The molecule has 2 amide bonds. The SMILES string of the molecule is COc1cc2c(Oc3ccc(/C=N/N(C(N)=O)c4ccc(Cl)c(C(F)(F)F)c4)cc3)c(F)cnc2cc1OCCCN1CCCCC1. The van der Waals surface area contributed by atoms with Crippen LogP contribution in [0.25, 0.3) is 10.9 Å². The normalized spacial score (nSPS) is 14.0. The molecule has 1 fully saturated rings. The van der Waals surface area contributed by atoms with Gasteiger partial charge in [0.05, 0.1) is 47.9 Å². The Hall–Kier alpha value is -4.62. The minimum absolute atomic E-state index is 0.0746. The highest BCUT2D eigenvalue weighted by atomic mass is 35.5. The highest BCUT2D eigenvalue weighted by molar-refractivity contribution is 6.31. The van der Waals surface area contributed by atoms with Gasteiger partial charge < -0.3 is 24.8 Å². The van der Waals surface area contributed by atoms with Crippen molar-refractivity contribution < 1.29 is 36.6 Å². The zero-order valence-electron chi connectivity index (χ0n) is 25.4. The van der Waals surface area contributed by atoms with E-state index >= 15 is 4.39 Å². The first-order chi connectivity index (χ1) is 22.5. The maximum Gasteiger partial charge on any atom is 0.417 e. The number of halogens is 5. The van der Waals surface area contributed by atoms with E-state index in [1.54, 1.807) is 24.3 Å². The number of benzene rings is 3. The Bertz CT molecular complexity index is 1750. The number of alkyl halides is 3. The smallest absolute Gasteiger partial charge is 0.417 e. The van der Waals surface area contributed by atoms with E-state index in [4.69, 9.17) is 31.5 Å². The largest absolute Gasteiger partial charge is 0.493 e. The van der Waals surface area contributed by atoms with Gasteiger partial charge in [-0.1, -0.05) is 18.0 Å². The molecule has 0 aliphatic carbocycles. The molecule has 0 atom stereocenters. The molecule has 5 rings (SSSR count). The summed E-state index contributed by atoms with van der Waals surface area (Å²) < 4.78 is 72.4. The van der Waals surface area contributed by atoms with Gasteiger partial charge in [0.2, 0.25) is 0 Å². The monoisotopic (exact) mass is 673 g/mol. The molecule has 1 aliphatic rings. The minimum atomic E-state index is -4.75. The number of piperidine rings is 1. The molecule has 0 spiro atoms. The topological polar surface area (TPSA) is 103 Å². The number of fused-ring (bicyclic) bond motifs is 1. The van der Waals surface area contributed by atoms with Crippen LogP contribution in [0.1, 0.15) is 36.8 Å². The van der Waals surface area contributed by atoms with Crippen molar-refractivity contribution in [2.75, 3.05) is 38.4 Å². The Morgan fingerprint density at radius 2 is 1.83 bits per heavy atom. The van der Waals surface area contributed by atoms with Crippen LogP contribution < -0.4 is 25.0 Å². The van der Waals surface area contributed by atoms with E-state index < -0.39 is 28.6 Å². The number of likely N-dealkylation sites (tertiary alicyclic amines) is 1. The third-order valence-corrected chi connectivity index (χ3v) is 7.85. The van der Waals surface area contributed by atoms with Gasteiger partial charge in [0.25, 0.3) is 0 Å². The maximum atomic E-state index is 15.0. The number of carbonyl (C=O) groups excluding carboxylic acids is 1. The van der Waals surface area contributed by atoms with Crippen molar-refractivity contribution in [3.05, 3.63) is 82.8 Å². The van der Waals surface area contributed by atoms with Crippen LogP contribution in [0, 0.1) is 5.82 Å². The lowest BCUT2D eigenvalue weighted by Crippen LogP contribution is -2.31. The number of rotatable bonds is 11. The zero-order chi connectivity index (χ0) is 33.6. The summed E-state index contributed by atoms with van der Waals surface area (Å²) >= 11 is 5.68. The molecule has 1 aliphatic heterocycles. The number of pyridine rings is 1. The van der Waals surface area contributed by atoms with Gasteiger partial charge in [0, 0.05) is 18.0 Å². The predicted molar refractivity (Wildman–Crippen MR) is 171 cm³/mol. The van der Waals surface area contributed by atoms with Crippen LogP contribution in [-0.2, 0) is 6.18 Å². The van der Waals surface area contributed by atoms with Crippen molar-refractivity contribution in [2.45, 2.75) is 31.9 Å². The molecule has 0 unspecified atom stereocenters. The van der Waals surface area contributed by atoms with Gasteiger partial charge in [-0.15, -0.1) is 0 Å². The van der Waals surface area contributed by atoms with Crippen molar-refractivity contribution in [3.63, 3.8) is 0 Å². The van der Waals surface area contributed by atoms with Crippen molar-refractivity contribution in [1.29, 1.82) is 0 Å². The van der Waals surface area contributed by atoms with E-state index in [9.17, 15) is 18.0 Å². The molecule has 0 saturated carbocycles. The van der Waals surface area contributed by atoms with E-state index in [2.05, 4.69) is 15.0 Å². The fraction of sp³-hybridized carbons (Fsp3) is 0.303. The van der Waals surface area contributed by atoms with Crippen LogP contribution in [0.5, 0.6) is 23.0 Å². The fourth-order valence-electron chi connectivity index (χ4n) is 5.16. The van der Waals surface area contributed by atoms with E-state index in [1.807, 2.05) is 0 Å². The number of nitrogens with two attached hydrogens (primary N) is 1. The predicted octanol–water partition coefficient (Wildman–Crippen LogP) is 8.02. The number of amides is 2. The summed E-state index contributed by atoms with van der Waals surface area (Å²) in [6.07, 6.45) is 2.12. The number of urea groups is 1. The molecule has 2 heterocycles. The Kier molecular flexibility index (Phi) is 10.7. The van der Waals surface area contributed by atoms with Crippen molar-refractivity contribution in [3.8, 4) is 23.0 Å². The second kappa shape index (κ2) is 14.9. The van der Waals surface area contributed by atoms with Gasteiger partial charge in [0.1, 0.15) is 5.75 Å². The number of hydrogen-bond acceptors (Lipinski definition) is 7. The third-order valence-electron chi connectivity index (χ3n) is 7.52. The van der Waals surface area contributed by atoms with Crippen LogP contribution >= 0.6 is 11.6 Å². The summed E-state index contributed by atoms with van der Waals surface area (Å²) in [6.45, 7) is 3.67. The molecule has 1 aromatic heterocycles. The van der Waals surface area contributed by atoms with E-state index in [0.717, 1.165) is 38.3 Å². The molecule has 3 aromatic carbocycles. The molecule has 1 saturated heterocycles. The van der Waals surface area contributed by atoms with E-state index in [0.29, 0.717) is 45.6 Å². The number of methoxy groups -OCH3 is 1. The molecule has 4 aromatic rings. The Labute approximate surface area is 273 Å². The maximum absolute atomic E-state index is 15.0. The van der Waals surface area contributed by atoms with Crippen molar-refractivity contribution in [1.82, 2.24) is 9.88 Å². The van der Waals surface area contributed by atoms with Crippen LogP contribution in [0.2, 0.25) is 5.02 Å². The van der Waals surface area contributed by atoms with Crippen LogP contribution in [0.15, 0.2) is 65.9 Å². The number of primary amides is 1. The van der Waals surface area contributed by atoms with Gasteiger partial charge in [-0.05, 0) is 86.4 Å². The molecule has 14 heteroatoms. The first-order valence-corrected chi connectivity index (χ1v) is 15.2. The molecule has 248 valence electrons. The summed E-state index contributed by atoms with van der Waals surface area (Å²) in [6, 6.07) is 11.2. The lowest BCUT2D eigenvalue weighted by atomic mass is 10.1. The molecule has 2 N–H and O–H groups in total. The van der Waals surface area contributed by atoms with Crippen LogP contribution in [0.3, 0.4) is 0 Å². The average molecular weight is 674 g/mol. The summed E-state index contributed by atoms with van der Waals surface area (Å²) in [5, 5.41) is 4.39. The average Bonchev–Trinajstić information content (AvgIpc) is 3.05. The number of hydrazone groups is 1. The van der Waals surface area contributed by atoms with Crippen LogP contribution in [-0.4, -0.2) is 55.5 Å². The summed E-state index contributed by atoms with van der Waals surface area (Å²) in [5.74, 6) is 0.393. The summed E-state index contributed by atoms with van der Waals surface area (Å²) in [7, 11) is 1.50. The first-order valence-electron chi connectivity index (χ1n) is 14.8. The lowest BCUT2D eigenvalue weighted by molar-refractivity contribution is -0.137. The van der Waals surface area contributed by atoms with Crippen LogP contribution in [0.4, 0.5) is 28.0 Å². The van der Waals surface area contributed by atoms with Crippen molar-refractivity contribution in [2.24, 2.45) is 10.8 Å². The molecule has 0 bridgehead atoms. The number of carbonyl (C=O) groups is 1. The van der Waals surface area contributed by atoms with Gasteiger partial charge in [-0.25, -0.2) is 9.18 Å². The Balaban J connectivity index is 1.30. The summed E-state index contributed by atoms with van der Waals surface area (Å²) in [5.41, 5.74) is 4.89. The highest BCUT2D eigenvalue weighted by Crippen LogP contribution is 2.39. The Morgan fingerprint density at radius 3 is 2.51 bits per heavy atom. The quantitative estimate of drug-likeness (QED) is 0.0749. The molecule has 47 heavy (non-hydrogen) atoms. The van der Waals surface area contributed by atoms with Crippen molar-refractivity contribution >= 4 is 40.4 Å². The molecule has 0 radical (unpaired) electrons. The standard InChI is InChI=1S/C33H32ClF4N5O4/c1-45-29-17-24-28(18-30(29)46-15-5-14-42-12-3-2-4-13-42)40-20-27(35)31(24)47-23-9-6-21(7-10-23)19-41-43(32(39)44)22-8-11-26(34)25(16-22)33(36,37)38/h6-11,16-20H,2-5,12-15H2,1H3,(H2,39,44)/b41-19+. The molecular weight excluding hydrogens is 642 g/mol. The fourth-order valence-corrected chi connectivity index (χ4v) is 5.38. The molecular formula is C33H32ClF4N5O4. The minimum Gasteiger partial charge on any atom is -0.493 e. The molecule has 9 nitrogen and oxygen atoms in total. The lowest BCUT2D eigenvalue weighted by Gasteiger charge is -2.26. The third kappa shape index (κ3) is 8.40. The number of aromatic nitrogens is 1. The first kappa shape index (κ1) is 33.7. The highest BCUT2D eigenvalue weighted by Gasteiger charge is 2.34. The van der Waals surface area contributed by atoms with Gasteiger partial charge in [0.15, 0.2) is 23.1 Å². The van der Waals surface area contributed by atoms with E-state index in [-0.39, 0.29) is 17.2 Å². The summed E-state index contributed by atoms with van der Waals surface area (Å²) in [4.78, 5) is 18.6. The van der Waals surface area contributed by atoms with Gasteiger partial charge in [-0.3, -0.25) is 4.98 Å².